The van der Waals surface area contributed by atoms with Gasteiger partial charge < -0.3 is 10.6 Å². The van der Waals surface area contributed by atoms with Crippen LogP contribution in [0.1, 0.15) is 51.9 Å². The van der Waals surface area contributed by atoms with Gasteiger partial charge in [-0.15, -0.1) is 11.8 Å². The molecule has 6 nitrogen and oxygen atoms in total. The van der Waals surface area contributed by atoms with Crippen LogP contribution in [-0.2, 0) is 19.4 Å². The minimum absolute atomic E-state index is 0.0476. The Labute approximate surface area is 164 Å². The van der Waals surface area contributed by atoms with Gasteiger partial charge in [-0.05, 0) is 38.0 Å². The molecule has 0 unspecified atom stereocenters. The summed E-state index contributed by atoms with van der Waals surface area (Å²) in [5, 5.41) is 5.52. The van der Waals surface area contributed by atoms with E-state index in [0.717, 1.165) is 30.6 Å². The average molecular weight is 411 g/mol. The summed E-state index contributed by atoms with van der Waals surface area (Å²) in [6.45, 7) is 1.81. The van der Waals surface area contributed by atoms with Crippen LogP contribution < -0.4 is 10.6 Å². The van der Waals surface area contributed by atoms with Crippen molar-refractivity contribution in [2.75, 3.05) is 11.1 Å². The fraction of sp³-hybridized carbons (Fsp3) is 0.579. The summed E-state index contributed by atoms with van der Waals surface area (Å²) in [4.78, 5) is 25.0. The molecule has 2 N–H and O–H groups in total. The lowest BCUT2D eigenvalue weighted by molar-refractivity contribution is -0.121. The third kappa shape index (κ3) is 5.25. The number of sulfone groups is 1. The quantitative estimate of drug-likeness (QED) is 0.728. The van der Waals surface area contributed by atoms with E-state index >= 15 is 0 Å². The lowest BCUT2D eigenvalue weighted by Gasteiger charge is -2.21. The Hall–Kier alpha value is -1.54. The van der Waals surface area contributed by atoms with Gasteiger partial charge in [0.25, 0.3) is 0 Å². The second kappa shape index (κ2) is 8.65. The van der Waals surface area contributed by atoms with E-state index in [1.807, 2.05) is 0 Å². The number of hydrogen-bond acceptors (Lipinski definition) is 5. The number of thioether (sulfide) groups is 1. The van der Waals surface area contributed by atoms with Crippen molar-refractivity contribution in [3.63, 3.8) is 0 Å². The van der Waals surface area contributed by atoms with E-state index in [0.29, 0.717) is 5.69 Å². The Morgan fingerprint density at radius 3 is 2.63 bits per heavy atom. The maximum atomic E-state index is 12.6. The number of fused-ring (bicyclic) bond motifs is 1. The van der Waals surface area contributed by atoms with Gasteiger partial charge in [0.05, 0.1) is 21.6 Å². The molecule has 2 aliphatic rings. The molecule has 0 radical (unpaired) electrons. The Morgan fingerprint density at radius 1 is 1.22 bits per heavy atom. The van der Waals surface area contributed by atoms with E-state index in [2.05, 4.69) is 10.6 Å². The van der Waals surface area contributed by atoms with Gasteiger partial charge in [0.15, 0.2) is 9.84 Å². The topological polar surface area (TPSA) is 92.3 Å². The largest absolute Gasteiger partial charge is 0.353 e. The SMILES string of the molecule is C[C@@H]1Sc2ccc(S(=O)(=O)CCC(=O)NC3CCCCCC3)cc2NC1=O. The van der Waals surface area contributed by atoms with Gasteiger partial charge in [0.2, 0.25) is 11.8 Å². The predicted molar refractivity (Wildman–Crippen MR) is 107 cm³/mol. The molecule has 0 saturated heterocycles. The van der Waals surface area contributed by atoms with Crippen molar-refractivity contribution in [3.05, 3.63) is 18.2 Å². The van der Waals surface area contributed by atoms with E-state index in [-0.39, 0.29) is 40.2 Å². The van der Waals surface area contributed by atoms with Gasteiger partial charge in [-0.1, -0.05) is 25.7 Å². The van der Waals surface area contributed by atoms with E-state index in [1.54, 1.807) is 19.1 Å². The standard InChI is InChI=1S/C19H26N2O4S2/c1-13-19(23)21-16-12-15(8-9-17(16)26-13)27(24,25)11-10-18(22)20-14-6-4-2-3-5-7-14/h8-9,12-14H,2-7,10-11H2,1H3,(H,20,22)(H,21,23)/t13-/m0/s1. The first-order chi connectivity index (χ1) is 12.8. The minimum atomic E-state index is -3.59. The molecular weight excluding hydrogens is 384 g/mol. The molecule has 8 heteroatoms. The number of benzene rings is 1. The molecule has 148 valence electrons. The summed E-state index contributed by atoms with van der Waals surface area (Å²) in [7, 11) is -3.59. The summed E-state index contributed by atoms with van der Waals surface area (Å²) >= 11 is 1.41. The summed E-state index contributed by atoms with van der Waals surface area (Å²) in [6, 6.07) is 4.92. The molecule has 3 rings (SSSR count). The molecular formula is C19H26N2O4S2. The first-order valence-electron chi connectivity index (χ1n) is 9.49. The molecule has 1 aromatic rings. The van der Waals surface area contributed by atoms with Crippen LogP contribution >= 0.6 is 11.8 Å². The van der Waals surface area contributed by atoms with Crippen molar-refractivity contribution in [3.8, 4) is 0 Å². The number of carbonyl (C=O) groups is 2. The third-order valence-corrected chi connectivity index (χ3v) is 7.95. The molecule has 1 saturated carbocycles. The summed E-state index contributed by atoms with van der Waals surface area (Å²) in [5.41, 5.74) is 0.520. The summed E-state index contributed by atoms with van der Waals surface area (Å²) in [5.74, 6) is -0.576. The zero-order valence-electron chi connectivity index (χ0n) is 15.5. The molecule has 1 aliphatic carbocycles. The highest BCUT2D eigenvalue weighted by Gasteiger charge is 2.25. The highest BCUT2D eigenvalue weighted by atomic mass is 32.2. The van der Waals surface area contributed by atoms with Crippen molar-refractivity contribution in [2.24, 2.45) is 0 Å². The maximum absolute atomic E-state index is 12.6. The van der Waals surface area contributed by atoms with E-state index in [9.17, 15) is 18.0 Å². The van der Waals surface area contributed by atoms with Gasteiger partial charge >= 0.3 is 0 Å². The molecule has 1 aliphatic heterocycles. The molecule has 1 atom stereocenters. The van der Waals surface area contributed by atoms with Gasteiger partial charge in [-0.3, -0.25) is 9.59 Å². The fourth-order valence-electron chi connectivity index (χ4n) is 3.45. The highest BCUT2D eigenvalue weighted by molar-refractivity contribution is 8.01. The van der Waals surface area contributed by atoms with Crippen molar-refractivity contribution in [1.82, 2.24) is 5.32 Å². The first-order valence-corrected chi connectivity index (χ1v) is 12.0. The van der Waals surface area contributed by atoms with Crippen molar-refractivity contribution in [2.45, 2.75) is 73.0 Å². The molecule has 0 aromatic heterocycles. The van der Waals surface area contributed by atoms with Crippen molar-refractivity contribution < 1.29 is 18.0 Å². The van der Waals surface area contributed by atoms with Crippen LogP contribution in [0, 0.1) is 0 Å². The second-order valence-electron chi connectivity index (χ2n) is 7.23. The van der Waals surface area contributed by atoms with Gasteiger partial charge in [-0.2, -0.15) is 0 Å². The fourth-order valence-corrected chi connectivity index (χ4v) is 5.64. The lowest BCUT2D eigenvalue weighted by Crippen LogP contribution is -2.35. The van der Waals surface area contributed by atoms with Crippen molar-refractivity contribution in [1.29, 1.82) is 0 Å². The van der Waals surface area contributed by atoms with Crippen LogP contribution in [0.4, 0.5) is 5.69 Å². The monoisotopic (exact) mass is 410 g/mol. The number of hydrogen-bond donors (Lipinski definition) is 2. The van der Waals surface area contributed by atoms with Crippen LogP contribution in [-0.4, -0.2) is 37.3 Å². The van der Waals surface area contributed by atoms with Crippen LogP contribution in [0.2, 0.25) is 0 Å². The Bertz CT molecular complexity index is 815. The van der Waals surface area contributed by atoms with Crippen LogP contribution in [0.25, 0.3) is 0 Å². The molecule has 1 heterocycles. The zero-order chi connectivity index (χ0) is 19.4. The molecule has 2 amide bonds. The maximum Gasteiger partial charge on any atom is 0.237 e. The number of rotatable bonds is 5. The zero-order valence-corrected chi connectivity index (χ0v) is 17.1. The summed E-state index contributed by atoms with van der Waals surface area (Å²) in [6.07, 6.45) is 6.52. The number of carbonyl (C=O) groups excluding carboxylic acids is 2. The molecule has 0 bridgehead atoms. The van der Waals surface area contributed by atoms with Gasteiger partial charge in [0.1, 0.15) is 0 Å². The molecule has 0 spiro atoms. The van der Waals surface area contributed by atoms with E-state index < -0.39 is 9.84 Å². The number of anilines is 1. The van der Waals surface area contributed by atoms with Crippen LogP contribution in [0.5, 0.6) is 0 Å². The van der Waals surface area contributed by atoms with Gasteiger partial charge in [-0.25, -0.2) is 8.42 Å². The Morgan fingerprint density at radius 2 is 1.93 bits per heavy atom. The minimum Gasteiger partial charge on any atom is -0.353 e. The van der Waals surface area contributed by atoms with E-state index in [1.165, 1.54) is 30.7 Å². The molecule has 27 heavy (non-hydrogen) atoms. The Balaban J connectivity index is 1.60. The lowest BCUT2D eigenvalue weighted by atomic mass is 10.1. The highest BCUT2D eigenvalue weighted by Crippen LogP contribution is 2.36. The Kier molecular flexibility index (Phi) is 6.47. The van der Waals surface area contributed by atoms with E-state index in [4.69, 9.17) is 0 Å². The smallest absolute Gasteiger partial charge is 0.237 e. The average Bonchev–Trinajstić information content (AvgIpc) is 2.89. The van der Waals surface area contributed by atoms with Crippen LogP contribution in [0.3, 0.4) is 0 Å². The predicted octanol–water partition coefficient (Wildman–Crippen LogP) is 3.12. The third-order valence-electron chi connectivity index (χ3n) is 5.06. The number of amides is 2. The van der Waals surface area contributed by atoms with Gasteiger partial charge in [0, 0.05) is 17.4 Å². The normalized spacial score (nSPS) is 21.1. The summed E-state index contributed by atoms with van der Waals surface area (Å²) < 4.78 is 25.2. The first kappa shape index (κ1) is 20.2. The second-order valence-corrected chi connectivity index (χ2v) is 10.7. The van der Waals surface area contributed by atoms with Crippen LogP contribution in [0.15, 0.2) is 28.0 Å². The number of nitrogens with one attached hydrogen (secondary N) is 2. The molecule has 1 fully saturated rings. The molecule has 1 aromatic carbocycles. The van der Waals surface area contributed by atoms with Crippen molar-refractivity contribution >= 4 is 39.1 Å².